The Bertz CT molecular complexity index is 1260. The normalized spacial score (nSPS) is 21.8. The van der Waals surface area contributed by atoms with E-state index in [4.69, 9.17) is 13.9 Å². The minimum absolute atomic E-state index is 0.0172. The van der Waals surface area contributed by atoms with Crippen molar-refractivity contribution in [3.63, 3.8) is 0 Å². The van der Waals surface area contributed by atoms with Gasteiger partial charge in [-0.2, -0.15) is 0 Å². The summed E-state index contributed by atoms with van der Waals surface area (Å²) in [5, 5.41) is 20.8. The van der Waals surface area contributed by atoms with Gasteiger partial charge in [0.1, 0.15) is 28.7 Å². The number of aromatic hydroxyl groups is 2. The van der Waals surface area contributed by atoms with Crippen molar-refractivity contribution in [2.45, 2.75) is 39.5 Å². The van der Waals surface area contributed by atoms with Gasteiger partial charge in [0.05, 0.1) is 19.3 Å². The summed E-state index contributed by atoms with van der Waals surface area (Å²) in [6.07, 6.45) is 5.65. The molecule has 0 spiro atoms. The number of methoxy groups -OCH3 is 1. The summed E-state index contributed by atoms with van der Waals surface area (Å²) in [4.78, 5) is 13.5. The molecule has 2 unspecified atom stereocenters. The zero-order chi connectivity index (χ0) is 22.6. The summed E-state index contributed by atoms with van der Waals surface area (Å²) in [6.45, 7) is 5.23. The number of hydrogen-bond donors (Lipinski definition) is 2. The molecule has 6 nitrogen and oxygen atoms in total. The van der Waals surface area contributed by atoms with Gasteiger partial charge in [0.2, 0.25) is 5.43 Å². The summed E-state index contributed by atoms with van der Waals surface area (Å²) < 4.78 is 17.3. The van der Waals surface area contributed by atoms with Gasteiger partial charge in [0.25, 0.3) is 0 Å². The highest BCUT2D eigenvalue weighted by molar-refractivity contribution is 5.91. The second-order valence-electron chi connectivity index (χ2n) is 9.70. The van der Waals surface area contributed by atoms with Crippen LogP contribution in [0, 0.1) is 17.3 Å². The second kappa shape index (κ2) is 7.47. The molecule has 0 bridgehead atoms. The monoisotopic (exact) mass is 436 g/mol. The van der Waals surface area contributed by atoms with E-state index in [0.29, 0.717) is 35.3 Å². The van der Waals surface area contributed by atoms with Gasteiger partial charge >= 0.3 is 0 Å². The molecule has 1 saturated carbocycles. The topological polar surface area (TPSA) is 89.1 Å². The van der Waals surface area contributed by atoms with Crippen LogP contribution in [0.4, 0.5) is 0 Å². The highest BCUT2D eigenvalue weighted by Gasteiger charge is 2.42. The molecule has 0 radical (unpaired) electrons. The van der Waals surface area contributed by atoms with Crippen molar-refractivity contribution in [3.8, 4) is 34.1 Å². The molecular weight excluding hydrogens is 408 g/mol. The Morgan fingerprint density at radius 1 is 1.16 bits per heavy atom. The van der Waals surface area contributed by atoms with Crippen molar-refractivity contribution in [2.75, 3.05) is 13.7 Å². The average molecular weight is 437 g/mol. The third-order valence-electron chi connectivity index (χ3n) is 7.43. The molecule has 2 aromatic carbocycles. The van der Waals surface area contributed by atoms with Crippen LogP contribution in [0.3, 0.4) is 0 Å². The molecule has 1 aliphatic carbocycles. The molecule has 0 amide bonds. The maximum atomic E-state index is 13.5. The van der Waals surface area contributed by atoms with Crippen molar-refractivity contribution in [1.82, 2.24) is 0 Å². The molecule has 32 heavy (non-hydrogen) atoms. The van der Waals surface area contributed by atoms with Crippen molar-refractivity contribution in [1.29, 1.82) is 0 Å². The van der Waals surface area contributed by atoms with E-state index in [-0.39, 0.29) is 39.0 Å². The highest BCUT2D eigenvalue weighted by atomic mass is 16.5. The number of hydrogen-bond acceptors (Lipinski definition) is 6. The maximum Gasteiger partial charge on any atom is 0.204 e. The molecule has 2 aliphatic rings. The van der Waals surface area contributed by atoms with Gasteiger partial charge in [0.15, 0.2) is 11.5 Å². The number of ether oxygens (including phenoxy) is 2. The van der Waals surface area contributed by atoms with Gasteiger partial charge in [-0.05, 0) is 54.2 Å². The van der Waals surface area contributed by atoms with Crippen LogP contribution in [-0.4, -0.2) is 23.9 Å². The lowest BCUT2D eigenvalue weighted by atomic mass is 9.62. The first-order valence-electron chi connectivity index (χ1n) is 11.1. The minimum atomic E-state index is -0.331. The summed E-state index contributed by atoms with van der Waals surface area (Å²) >= 11 is 0. The Morgan fingerprint density at radius 3 is 2.75 bits per heavy atom. The van der Waals surface area contributed by atoms with Crippen LogP contribution in [0.2, 0.25) is 0 Å². The Labute approximate surface area is 186 Å². The SMILES string of the molecule is COc1cc(-c2coc3c4c(cc(O)c3c2=O)OCC2CCCC(C)(C)C2C4)ccc1O. The quantitative estimate of drug-likeness (QED) is 0.570. The molecule has 3 aromatic rings. The number of benzene rings is 2. The number of fused-ring (bicyclic) bond motifs is 4. The molecule has 1 aliphatic heterocycles. The predicted octanol–water partition coefficient (Wildman–Crippen LogP) is 5.26. The molecule has 0 saturated heterocycles. The van der Waals surface area contributed by atoms with Gasteiger partial charge in [0, 0.05) is 11.6 Å². The van der Waals surface area contributed by atoms with E-state index < -0.39 is 0 Å². The molecule has 2 atom stereocenters. The van der Waals surface area contributed by atoms with Crippen LogP contribution in [0.1, 0.15) is 38.7 Å². The number of rotatable bonds is 2. The van der Waals surface area contributed by atoms with E-state index in [1.807, 2.05) is 0 Å². The van der Waals surface area contributed by atoms with E-state index in [2.05, 4.69) is 13.8 Å². The molecule has 168 valence electrons. The Balaban J connectivity index is 1.68. The lowest BCUT2D eigenvalue weighted by Crippen LogP contribution is -2.37. The van der Waals surface area contributed by atoms with Gasteiger partial charge in [-0.3, -0.25) is 4.79 Å². The van der Waals surface area contributed by atoms with E-state index in [0.717, 1.165) is 24.8 Å². The van der Waals surface area contributed by atoms with Crippen LogP contribution >= 0.6 is 0 Å². The van der Waals surface area contributed by atoms with Crippen LogP contribution in [-0.2, 0) is 6.42 Å². The molecule has 2 heterocycles. The van der Waals surface area contributed by atoms with E-state index >= 15 is 0 Å². The first-order valence-corrected chi connectivity index (χ1v) is 11.1. The lowest BCUT2D eigenvalue weighted by Gasteiger charge is -2.43. The third-order valence-corrected chi connectivity index (χ3v) is 7.43. The molecule has 6 heteroatoms. The summed E-state index contributed by atoms with van der Waals surface area (Å²) in [5.41, 5.74) is 1.91. The standard InChI is InChI=1S/C26H28O6/c1-26(2)8-4-5-15-12-31-21-11-20(28)23-24(29)17(13-32-25(23)16(21)10-18(15)26)14-6-7-19(27)22(9-14)30-3/h6-7,9,11,13,15,18,27-28H,4-5,8,10,12H2,1-3H3. The fourth-order valence-corrected chi connectivity index (χ4v) is 5.59. The largest absolute Gasteiger partial charge is 0.507 e. The average Bonchev–Trinajstić information content (AvgIpc) is 2.95. The zero-order valence-electron chi connectivity index (χ0n) is 18.6. The van der Waals surface area contributed by atoms with Gasteiger partial charge < -0.3 is 24.1 Å². The third kappa shape index (κ3) is 3.20. The lowest BCUT2D eigenvalue weighted by molar-refractivity contribution is 0.0535. The second-order valence-corrected chi connectivity index (χ2v) is 9.70. The van der Waals surface area contributed by atoms with Crippen molar-refractivity contribution in [2.24, 2.45) is 17.3 Å². The van der Waals surface area contributed by atoms with Crippen molar-refractivity contribution >= 4 is 11.0 Å². The highest BCUT2D eigenvalue weighted by Crippen LogP contribution is 2.50. The molecule has 2 N–H and O–H groups in total. The number of phenols is 2. The van der Waals surface area contributed by atoms with Crippen LogP contribution in [0.15, 0.2) is 39.7 Å². The van der Waals surface area contributed by atoms with Gasteiger partial charge in [-0.1, -0.05) is 26.3 Å². The first kappa shape index (κ1) is 20.7. The van der Waals surface area contributed by atoms with Gasteiger partial charge in [-0.15, -0.1) is 0 Å². The summed E-state index contributed by atoms with van der Waals surface area (Å²) in [5.74, 6) is 1.55. The maximum absolute atomic E-state index is 13.5. The zero-order valence-corrected chi connectivity index (χ0v) is 18.6. The Kier molecular flexibility index (Phi) is 4.84. The Morgan fingerprint density at radius 2 is 1.97 bits per heavy atom. The van der Waals surface area contributed by atoms with Crippen LogP contribution in [0.5, 0.6) is 23.0 Å². The summed E-state index contributed by atoms with van der Waals surface area (Å²) in [7, 11) is 1.45. The smallest absolute Gasteiger partial charge is 0.204 e. The molecular formula is C26H28O6. The molecule has 1 aromatic heterocycles. The van der Waals surface area contributed by atoms with Crippen LogP contribution in [0.25, 0.3) is 22.1 Å². The van der Waals surface area contributed by atoms with E-state index in [9.17, 15) is 15.0 Å². The minimum Gasteiger partial charge on any atom is -0.507 e. The molecule has 5 rings (SSSR count). The fraction of sp³-hybridized carbons (Fsp3) is 0.423. The number of phenolic OH excluding ortho intramolecular Hbond substituents is 2. The van der Waals surface area contributed by atoms with Crippen LogP contribution < -0.4 is 14.9 Å². The first-order chi connectivity index (χ1) is 15.3. The van der Waals surface area contributed by atoms with Crippen molar-refractivity contribution in [3.05, 3.63) is 46.3 Å². The van der Waals surface area contributed by atoms with Crippen molar-refractivity contribution < 1.29 is 24.1 Å². The van der Waals surface area contributed by atoms with E-state index in [1.54, 1.807) is 18.2 Å². The predicted molar refractivity (Wildman–Crippen MR) is 122 cm³/mol. The van der Waals surface area contributed by atoms with Gasteiger partial charge in [-0.25, -0.2) is 0 Å². The fourth-order valence-electron chi connectivity index (χ4n) is 5.59. The van der Waals surface area contributed by atoms with E-state index in [1.165, 1.54) is 25.9 Å². The Hall–Kier alpha value is -3.15. The molecule has 1 fully saturated rings. The summed E-state index contributed by atoms with van der Waals surface area (Å²) in [6, 6.07) is 6.22.